The molecule has 0 saturated carbocycles. The van der Waals surface area contributed by atoms with Crippen molar-refractivity contribution in [1.82, 2.24) is 5.32 Å². The van der Waals surface area contributed by atoms with Crippen molar-refractivity contribution in [1.29, 1.82) is 0 Å². The van der Waals surface area contributed by atoms with Gasteiger partial charge in [0.05, 0.1) is 26.4 Å². The highest BCUT2D eigenvalue weighted by atomic mass is 19.3. The molecule has 0 atom stereocenters. The first kappa shape index (κ1) is 13.0. The molecule has 0 bridgehead atoms. The van der Waals surface area contributed by atoms with E-state index >= 15 is 0 Å². The van der Waals surface area contributed by atoms with Crippen molar-refractivity contribution in [2.24, 2.45) is 0 Å². The van der Waals surface area contributed by atoms with Crippen LogP contribution in [0.1, 0.15) is 5.56 Å². The Kier molecular flexibility index (Phi) is 4.33. The first-order valence-corrected chi connectivity index (χ1v) is 5.62. The first-order valence-electron chi connectivity index (χ1n) is 5.62. The standard InChI is InChI=1S/C12H15F2NO3/c1-16-10-4-2-3-8(11(10)18-12(13)14)5-15-9-6-17-7-9/h2-4,9,12,15H,5-7H2,1H3. The Labute approximate surface area is 104 Å². The molecule has 1 fully saturated rings. The molecule has 1 aliphatic heterocycles. The van der Waals surface area contributed by atoms with Gasteiger partial charge in [0.2, 0.25) is 0 Å². The third-order valence-corrected chi connectivity index (χ3v) is 2.71. The number of hydrogen-bond acceptors (Lipinski definition) is 4. The van der Waals surface area contributed by atoms with Gasteiger partial charge >= 0.3 is 6.61 Å². The molecule has 0 radical (unpaired) electrons. The second-order valence-electron chi connectivity index (χ2n) is 3.94. The average molecular weight is 259 g/mol. The summed E-state index contributed by atoms with van der Waals surface area (Å²) >= 11 is 0. The van der Waals surface area contributed by atoms with E-state index in [0.717, 1.165) is 0 Å². The molecule has 1 saturated heterocycles. The maximum Gasteiger partial charge on any atom is 0.387 e. The van der Waals surface area contributed by atoms with Gasteiger partial charge < -0.3 is 19.5 Å². The van der Waals surface area contributed by atoms with E-state index in [1.165, 1.54) is 7.11 Å². The van der Waals surface area contributed by atoms with Crippen molar-refractivity contribution >= 4 is 0 Å². The molecule has 1 N–H and O–H groups in total. The Bertz CT molecular complexity index is 397. The van der Waals surface area contributed by atoms with Crippen LogP contribution in [-0.4, -0.2) is 33.0 Å². The Morgan fingerprint density at radius 2 is 2.22 bits per heavy atom. The Morgan fingerprint density at radius 3 is 2.78 bits per heavy atom. The van der Waals surface area contributed by atoms with E-state index in [1.54, 1.807) is 18.2 Å². The molecular weight excluding hydrogens is 244 g/mol. The van der Waals surface area contributed by atoms with E-state index in [1.807, 2.05) is 0 Å². The third kappa shape index (κ3) is 3.08. The number of hydrogen-bond donors (Lipinski definition) is 1. The molecule has 18 heavy (non-hydrogen) atoms. The van der Waals surface area contributed by atoms with Gasteiger partial charge in [0.25, 0.3) is 0 Å². The highest BCUT2D eigenvalue weighted by Gasteiger charge is 2.20. The first-order chi connectivity index (χ1) is 8.70. The summed E-state index contributed by atoms with van der Waals surface area (Å²) < 4.78 is 39.3. The van der Waals surface area contributed by atoms with E-state index in [0.29, 0.717) is 31.1 Å². The van der Waals surface area contributed by atoms with Crippen molar-refractivity contribution in [3.63, 3.8) is 0 Å². The van der Waals surface area contributed by atoms with Gasteiger partial charge in [-0.2, -0.15) is 8.78 Å². The van der Waals surface area contributed by atoms with Gasteiger partial charge in [-0.1, -0.05) is 12.1 Å². The maximum absolute atomic E-state index is 12.4. The highest BCUT2D eigenvalue weighted by molar-refractivity contribution is 5.46. The molecule has 2 rings (SSSR count). The van der Waals surface area contributed by atoms with Crippen LogP contribution in [0.5, 0.6) is 11.5 Å². The molecule has 1 aromatic carbocycles. The van der Waals surface area contributed by atoms with Crippen LogP contribution in [0.25, 0.3) is 0 Å². The lowest BCUT2D eigenvalue weighted by atomic mass is 10.1. The zero-order valence-corrected chi connectivity index (χ0v) is 9.99. The lowest BCUT2D eigenvalue weighted by molar-refractivity contribution is -0.0521. The van der Waals surface area contributed by atoms with Crippen LogP contribution in [0.2, 0.25) is 0 Å². The molecule has 100 valence electrons. The molecule has 6 heteroatoms. The summed E-state index contributed by atoms with van der Waals surface area (Å²) in [5.41, 5.74) is 0.640. The highest BCUT2D eigenvalue weighted by Crippen LogP contribution is 2.32. The number of nitrogens with one attached hydrogen (secondary N) is 1. The van der Waals surface area contributed by atoms with Gasteiger partial charge in [-0.15, -0.1) is 0 Å². The minimum absolute atomic E-state index is 0.0859. The molecule has 1 heterocycles. The summed E-state index contributed by atoms with van der Waals surface area (Å²) in [5.74, 6) is 0.391. The molecule has 4 nitrogen and oxygen atoms in total. The second-order valence-corrected chi connectivity index (χ2v) is 3.94. The predicted molar refractivity (Wildman–Crippen MR) is 61.1 cm³/mol. The van der Waals surface area contributed by atoms with Crippen LogP contribution < -0.4 is 14.8 Å². The van der Waals surface area contributed by atoms with E-state index in [9.17, 15) is 8.78 Å². The fourth-order valence-electron chi connectivity index (χ4n) is 1.69. The molecule has 1 aliphatic rings. The smallest absolute Gasteiger partial charge is 0.387 e. The van der Waals surface area contributed by atoms with E-state index in [-0.39, 0.29) is 11.8 Å². The van der Waals surface area contributed by atoms with Gasteiger partial charge in [-0.3, -0.25) is 0 Å². The maximum atomic E-state index is 12.4. The van der Waals surface area contributed by atoms with Gasteiger partial charge in [-0.05, 0) is 6.07 Å². The zero-order valence-electron chi connectivity index (χ0n) is 9.99. The quantitative estimate of drug-likeness (QED) is 0.845. The van der Waals surface area contributed by atoms with Gasteiger partial charge in [-0.25, -0.2) is 0 Å². The summed E-state index contributed by atoms with van der Waals surface area (Å²) in [7, 11) is 1.42. The van der Waals surface area contributed by atoms with Crippen molar-refractivity contribution in [3.05, 3.63) is 23.8 Å². The summed E-state index contributed by atoms with van der Waals surface area (Å²) in [5, 5.41) is 3.19. The number of benzene rings is 1. The largest absolute Gasteiger partial charge is 0.493 e. The number of halogens is 2. The SMILES string of the molecule is COc1cccc(CNC2COC2)c1OC(F)F. The molecule has 0 spiro atoms. The molecule has 0 aromatic heterocycles. The molecule has 0 amide bonds. The molecule has 0 unspecified atom stereocenters. The van der Waals surface area contributed by atoms with Crippen LogP contribution in [0.4, 0.5) is 8.78 Å². The van der Waals surface area contributed by atoms with E-state index < -0.39 is 6.61 Å². The summed E-state index contributed by atoms with van der Waals surface area (Å²) in [6.45, 7) is -1.14. The second kappa shape index (κ2) is 5.97. The van der Waals surface area contributed by atoms with Crippen molar-refractivity contribution in [2.45, 2.75) is 19.2 Å². The number of alkyl halides is 2. The lowest BCUT2D eigenvalue weighted by Gasteiger charge is -2.27. The van der Waals surface area contributed by atoms with Crippen LogP contribution in [0.15, 0.2) is 18.2 Å². The lowest BCUT2D eigenvalue weighted by Crippen LogP contribution is -2.45. The Hall–Kier alpha value is -1.40. The van der Waals surface area contributed by atoms with Crippen LogP contribution in [0, 0.1) is 0 Å². The minimum atomic E-state index is -2.87. The number of ether oxygens (including phenoxy) is 3. The zero-order chi connectivity index (χ0) is 13.0. The van der Waals surface area contributed by atoms with Gasteiger partial charge in [0.15, 0.2) is 11.5 Å². The van der Waals surface area contributed by atoms with E-state index in [2.05, 4.69) is 10.1 Å². The molecule has 0 aliphatic carbocycles. The number of methoxy groups -OCH3 is 1. The molecular formula is C12H15F2NO3. The number of para-hydroxylation sites is 1. The minimum Gasteiger partial charge on any atom is -0.493 e. The van der Waals surface area contributed by atoms with E-state index in [4.69, 9.17) is 9.47 Å². The van der Waals surface area contributed by atoms with Crippen LogP contribution >= 0.6 is 0 Å². The topological polar surface area (TPSA) is 39.7 Å². The summed E-state index contributed by atoms with van der Waals surface area (Å²) in [4.78, 5) is 0. The van der Waals surface area contributed by atoms with Crippen molar-refractivity contribution < 1.29 is 23.0 Å². The predicted octanol–water partition coefficient (Wildman–Crippen LogP) is 1.78. The average Bonchev–Trinajstić information content (AvgIpc) is 2.28. The fourth-order valence-corrected chi connectivity index (χ4v) is 1.69. The summed E-state index contributed by atoms with van der Waals surface area (Å²) in [6, 6.07) is 5.34. The summed E-state index contributed by atoms with van der Waals surface area (Å²) in [6.07, 6.45) is 0. The molecule has 1 aromatic rings. The van der Waals surface area contributed by atoms with Gasteiger partial charge in [0.1, 0.15) is 0 Å². The van der Waals surface area contributed by atoms with Crippen LogP contribution in [-0.2, 0) is 11.3 Å². The fraction of sp³-hybridized carbons (Fsp3) is 0.500. The third-order valence-electron chi connectivity index (χ3n) is 2.71. The monoisotopic (exact) mass is 259 g/mol. The Morgan fingerprint density at radius 1 is 1.44 bits per heavy atom. The number of rotatable bonds is 6. The van der Waals surface area contributed by atoms with Crippen molar-refractivity contribution in [3.8, 4) is 11.5 Å². The van der Waals surface area contributed by atoms with Crippen LogP contribution in [0.3, 0.4) is 0 Å². The van der Waals surface area contributed by atoms with Gasteiger partial charge in [0, 0.05) is 12.1 Å². The normalized spacial score (nSPS) is 15.6. The Balaban J connectivity index is 2.10. The van der Waals surface area contributed by atoms with Crippen molar-refractivity contribution in [2.75, 3.05) is 20.3 Å².